The van der Waals surface area contributed by atoms with Crippen molar-refractivity contribution in [2.45, 2.75) is 118 Å². The molecule has 5 aliphatic carbocycles. The zero-order valence-electron chi connectivity index (χ0n) is 22.4. The van der Waals surface area contributed by atoms with Crippen LogP contribution in [0.15, 0.2) is 11.6 Å². The molecule has 3 heteroatoms. The van der Waals surface area contributed by atoms with Crippen molar-refractivity contribution < 1.29 is 15.3 Å². The first-order valence-electron chi connectivity index (χ1n) is 13.8. The van der Waals surface area contributed by atoms with Gasteiger partial charge in [-0.1, -0.05) is 60.1 Å². The number of aliphatic hydroxyl groups excluding tert-OH is 3. The van der Waals surface area contributed by atoms with Gasteiger partial charge in [0.1, 0.15) is 0 Å². The number of fused-ring (bicyclic) bond motifs is 7. The smallest absolute Gasteiger partial charge is 0.0852 e. The Balaban J connectivity index is 1.59. The highest BCUT2D eigenvalue weighted by Crippen LogP contribution is 2.75. The van der Waals surface area contributed by atoms with Crippen LogP contribution in [0.25, 0.3) is 0 Å². The van der Waals surface area contributed by atoms with Gasteiger partial charge in [-0.25, -0.2) is 0 Å². The standard InChI is InChI=1S/C30H50O3/c1-25(2)12-14-30(18-31)15-13-28(6)19(20(30)16-25)8-9-23-27(5)17-21(32)24(33)26(3,4)22(27)10-11-29(23,28)7/h8,20-24,31-33H,9-18H2,1-7H3/t20-,21-,22+,23+,24-,27-,28+,29+,30+/m0/s1. The monoisotopic (exact) mass is 458 g/mol. The van der Waals surface area contributed by atoms with Gasteiger partial charge >= 0.3 is 0 Å². The third-order valence-corrected chi connectivity index (χ3v) is 13.1. The topological polar surface area (TPSA) is 60.7 Å². The predicted molar refractivity (Wildman–Crippen MR) is 134 cm³/mol. The van der Waals surface area contributed by atoms with Crippen LogP contribution in [0.2, 0.25) is 0 Å². The summed E-state index contributed by atoms with van der Waals surface area (Å²) in [4.78, 5) is 0. The van der Waals surface area contributed by atoms with E-state index in [4.69, 9.17) is 0 Å². The van der Waals surface area contributed by atoms with Crippen LogP contribution in [-0.2, 0) is 0 Å². The molecule has 0 aromatic rings. The van der Waals surface area contributed by atoms with Gasteiger partial charge in [0.15, 0.2) is 0 Å². The van der Waals surface area contributed by atoms with E-state index >= 15 is 0 Å². The Labute approximate surface area is 202 Å². The number of hydrogen-bond acceptors (Lipinski definition) is 3. The molecule has 4 saturated carbocycles. The molecule has 0 aliphatic heterocycles. The Hall–Kier alpha value is -0.380. The molecule has 0 radical (unpaired) electrons. The molecule has 5 aliphatic rings. The van der Waals surface area contributed by atoms with E-state index in [1.807, 2.05) is 0 Å². The fraction of sp³-hybridized carbons (Fsp3) is 0.933. The van der Waals surface area contributed by atoms with Crippen molar-refractivity contribution in [2.24, 2.45) is 50.2 Å². The molecule has 0 heterocycles. The van der Waals surface area contributed by atoms with Crippen LogP contribution in [0.3, 0.4) is 0 Å². The fourth-order valence-corrected chi connectivity index (χ4v) is 10.8. The Bertz CT molecular complexity index is 843. The molecular weight excluding hydrogens is 408 g/mol. The van der Waals surface area contributed by atoms with Crippen molar-refractivity contribution >= 4 is 0 Å². The fourth-order valence-electron chi connectivity index (χ4n) is 10.8. The Morgan fingerprint density at radius 1 is 0.848 bits per heavy atom. The number of hydrogen-bond donors (Lipinski definition) is 3. The molecule has 9 atom stereocenters. The van der Waals surface area contributed by atoms with Crippen molar-refractivity contribution in [3.8, 4) is 0 Å². The molecule has 188 valence electrons. The Morgan fingerprint density at radius 2 is 1.52 bits per heavy atom. The lowest BCUT2D eigenvalue weighted by molar-refractivity contribution is -0.232. The molecule has 0 bridgehead atoms. The highest BCUT2D eigenvalue weighted by Gasteiger charge is 2.69. The Kier molecular flexibility index (Phi) is 5.23. The van der Waals surface area contributed by atoms with Crippen LogP contribution in [0.1, 0.15) is 106 Å². The second-order valence-corrected chi connectivity index (χ2v) is 15.3. The molecular formula is C30H50O3. The van der Waals surface area contributed by atoms with E-state index in [-0.39, 0.29) is 27.1 Å². The second-order valence-electron chi connectivity index (χ2n) is 15.3. The summed E-state index contributed by atoms with van der Waals surface area (Å²) in [6.07, 6.45) is 11.4. The van der Waals surface area contributed by atoms with E-state index in [2.05, 4.69) is 54.5 Å². The van der Waals surface area contributed by atoms with Gasteiger partial charge in [0.25, 0.3) is 0 Å². The number of allylic oxidation sites excluding steroid dienone is 2. The van der Waals surface area contributed by atoms with Crippen LogP contribution in [0.4, 0.5) is 0 Å². The zero-order chi connectivity index (χ0) is 24.2. The highest BCUT2D eigenvalue weighted by molar-refractivity contribution is 5.34. The molecule has 0 amide bonds. The van der Waals surface area contributed by atoms with E-state index in [9.17, 15) is 15.3 Å². The van der Waals surface area contributed by atoms with Crippen molar-refractivity contribution in [3.63, 3.8) is 0 Å². The van der Waals surface area contributed by atoms with Gasteiger partial charge in [0, 0.05) is 12.0 Å². The number of rotatable bonds is 1. The largest absolute Gasteiger partial charge is 0.396 e. The maximum atomic E-state index is 11.0. The summed E-state index contributed by atoms with van der Waals surface area (Å²) in [7, 11) is 0. The van der Waals surface area contributed by atoms with E-state index in [0.717, 1.165) is 32.1 Å². The van der Waals surface area contributed by atoms with Crippen LogP contribution in [-0.4, -0.2) is 34.1 Å². The summed E-state index contributed by atoms with van der Waals surface area (Å²) in [5, 5.41) is 32.5. The van der Waals surface area contributed by atoms with Gasteiger partial charge in [-0.15, -0.1) is 0 Å². The van der Waals surface area contributed by atoms with E-state index < -0.39 is 12.2 Å². The summed E-state index contributed by atoms with van der Waals surface area (Å²) in [5.74, 6) is 1.47. The first kappa shape index (κ1) is 24.3. The van der Waals surface area contributed by atoms with Crippen molar-refractivity contribution in [1.82, 2.24) is 0 Å². The number of aliphatic hydroxyl groups is 3. The predicted octanol–water partition coefficient (Wildman–Crippen LogP) is 6.11. The van der Waals surface area contributed by atoms with Crippen LogP contribution in [0.5, 0.6) is 0 Å². The minimum Gasteiger partial charge on any atom is -0.396 e. The SMILES string of the molecule is CC1(C)CC[C@]2(CO)CC[C@]3(C)C(=CC[C@@H]4[C@@]5(C)C[C@H](O)[C@H](O)C(C)(C)[C@H]5CC[C@]43C)[C@@H]2C1. The molecule has 0 unspecified atom stereocenters. The van der Waals surface area contributed by atoms with Gasteiger partial charge in [0.05, 0.1) is 12.2 Å². The van der Waals surface area contributed by atoms with Gasteiger partial charge in [-0.3, -0.25) is 0 Å². The lowest BCUT2D eigenvalue weighted by atomic mass is 9.33. The van der Waals surface area contributed by atoms with E-state index in [0.29, 0.717) is 29.8 Å². The molecule has 3 N–H and O–H groups in total. The van der Waals surface area contributed by atoms with Gasteiger partial charge in [-0.2, -0.15) is 0 Å². The van der Waals surface area contributed by atoms with Crippen molar-refractivity contribution in [1.29, 1.82) is 0 Å². The molecule has 3 nitrogen and oxygen atoms in total. The van der Waals surface area contributed by atoms with Crippen LogP contribution >= 0.6 is 0 Å². The van der Waals surface area contributed by atoms with E-state index in [1.165, 1.54) is 25.7 Å². The molecule has 0 aromatic heterocycles. The highest BCUT2D eigenvalue weighted by atomic mass is 16.3. The average molecular weight is 459 g/mol. The molecule has 4 fully saturated rings. The second kappa shape index (κ2) is 7.10. The molecule has 5 rings (SSSR count). The summed E-state index contributed by atoms with van der Waals surface area (Å²) in [6, 6.07) is 0. The average Bonchev–Trinajstić information content (AvgIpc) is 2.72. The first-order chi connectivity index (χ1) is 15.2. The summed E-state index contributed by atoms with van der Waals surface area (Å²) in [5.41, 5.74) is 2.24. The lowest BCUT2D eigenvalue weighted by Crippen LogP contribution is -2.66. The summed E-state index contributed by atoms with van der Waals surface area (Å²) in [6.45, 7) is 17.2. The molecule has 0 aromatic carbocycles. The maximum Gasteiger partial charge on any atom is 0.0852 e. The summed E-state index contributed by atoms with van der Waals surface area (Å²) >= 11 is 0. The van der Waals surface area contributed by atoms with Crippen molar-refractivity contribution in [2.75, 3.05) is 6.61 Å². The normalized spacial score (nSPS) is 54.8. The Morgan fingerprint density at radius 3 is 2.18 bits per heavy atom. The minimum atomic E-state index is -0.630. The first-order valence-corrected chi connectivity index (χ1v) is 13.8. The maximum absolute atomic E-state index is 11.0. The van der Waals surface area contributed by atoms with Crippen LogP contribution in [0, 0.1) is 50.2 Å². The van der Waals surface area contributed by atoms with Crippen LogP contribution < -0.4 is 0 Å². The van der Waals surface area contributed by atoms with Gasteiger partial charge < -0.3 is 15.3 Å². The molecule has 0 spiro atoms. The van der Waals surface area contributed by atoms with Gasteiger partial charge in [-0.05, 0) is 103 Å². The summed E-state index contributed by atoms with van der Waals surface area (Å²) < 4.78 is 0. The lowest BCUT2D eigenvalue weighted by Gasteiger charge is -2.71. The van der Waals surface area contributed by atoms with E-state index in [1.54, 1.807) is 5.57 Å². The molecule has 0 saturated heterocycles. The quantitative estimate of drug-likeness (QED) is 0.415. The minimum absolute atomic E-state index is 0.0392. The van der Waals surface area contributed by atoms with Gasteiger partial charge in [0.2, 0.25) is 0 Å². The third-order valence-electron chi connectivity index (χ3n) is 13.1. The third kappa shape index (κ3) is 2.97. The zero-order valence-corrected chi connectivity index (χ0v) is 22.4. The molecule has 33 heavy (non-hydrogen) atoms. The van der Waals surface area contributed by atoms with Crippen molar-refractivity contribution in [3.05, 3.63) is 11.6 Å².